The van der Waals surface area contributed by atoms with E-state index in [9.17, 15) is 14.4 Å². The van der Waals surface area contributed by atoms with Crippen molar-refractivity contribution in [1.82, 2.24) is 5.32 Å². The summed E-state index contributed by atoms with van der Waals surface area (Å²) in [7, 11) is 2.50. The number of hydrogen-bond donors (Lipinski definition) is 2. The Morgan fingerprint density at radius 3 is 2.36 bits per heavy atom. The molecule has 1 amide bonds. The number of methoxy groups -OCH3 is 1. The molecule has 0 spiro atoms. The summed E-state index contributed by atoms with van der Waals surface area (Å²) in [4.78, 5) is 37.7. The number of ether oxygens (including phenoxy) is 2. The van der Waals surface area contributed by atoms with E-state index in [-0.39, 0.29) is 24.5 Å². The minimum Gasteiger partial charge on any atom is -0.555 e. The fraction of sp³-hybridized carbons (Fsp3) is 0.417. The van der Waals surface area contributed by atoms with Crippen LogP contribution in [0.3, 0.4) is 0 Å². The fourth-order valence-corrected chi connectivity index (χ4v) is 3.10. The largest absolute Gasteiger partial charge is 0.555 e. The van der Waals surface area contributed by atoms with Crippen molar-refractivity contribution in [2.45, 2.75) is 38.5 Å². The second kappa shape index (κ2) is 14.7. The molecule has 0 bridgehead atoms. The molecule has 177 valence electrons. The number of esters is 1. The van der Waals surface area contributed by atoms with Crippen molar-refractivity contribution in [2.75, 3.05) is 13.7 Å². The van der Waals surface area contributed by atoms with E-state index < -0.39 is 29.7 Å². The van der Waals surface area contributed by atoms with Gasteiger partial charge in [0, 0.05) is 6.42 Å². The van der Waals surface area contributed by atoms with Crippen LogP contribution in [0.2, 0.25) is 5.82 Å². The topological polar surface area (TPSA) is 115 Å². The highest BCUT2D eigenvalue weighted by atomic mass is 16.5. The predicted octanol–water partition coefficient (Wildman–Crippen LogP) is 2.90. The summed E-state index contributed by atoms with van der Waals surface area (Å²) in [6.07, 6.45) is 3.89. The molecule has 1 aromatic carbocycles. The van der Waals surface area contributed by atoms with Gasteiger partial charge in [-0.3, -0.25) is 19.8 Å². The third-order valence-electron chi connectivity index (χ3n) is 4.92. The monoisotopic (exact) mass is 455 g/mol. The van der Waals surface area contributed by atoms with Gasteiger partial charge < -0.3 is 19.4 Å². The molecule has 1 rings (SSSR count). The average Bonchev–Trinajstić information content (AvgIpc) is 2.81. The van der Waals surface area contributed by atoms with E-state index in [1.807, 2.05) is 12.1 Å². The highest BCUT2D eigenvalue weighted by Crippen LogP contribution is 2.20. The number of amides is 1. The lowest BCUT2D eigenvalue weighted by atomic mass is 9.74. The lowest BCUT2D eigenvalue weighted by molar-refractivity contribution is -0.145. The molecule has 0 aliphatic rings. The van der Waals surface area contributed by atoms with E-state index >= 15 is 0 Å². The Morgan fingerprint density at radius 2 is 1.85 bits per heavy atom. The summed E-state index contributed by atoms with van der Waals surface area (Å²) in [6.45, 7) is 11.2. The molecule has 0 saturated heterocycles. The third kappa shape index (κ3) is 9.35. The zero-order chi connectivity index (χ0) is 24.8. The molecule has 1 radical (unpaired) electrons. The fourth-order valence-electron chi connectivity index (χ4n) is 3.10. The van der Waals surface area contributed by atoms with Gasteiger partial charge in [-0.1, -0.05) is 44.7 Å². The van der Waals surface area contributed by atoms with Crippen LogP contribution in [0, 0.1) is 17.2 Å². The maximum Gasteiger partial charge on any atom is 0.384 e. The first-order valence-electron chi connectivity index (χ1n) is 10.6. The van der Waals surface area contributed by atoms with Crippen molar-refractivity contribution in [2.24, 2.45) is 11.8 Å². The second-order valence-corrected chi connectivity index (χ2v) is 7.71. The van der Waals surface area contributed by atoms with Crippen molar-refractivity contribution < 1.29 is 28.5 Å². The smallest absolute Gasteiger partial charge is 0.384 e. The van der Waals surface area contributed by atoms with Gasteiger partial charge in [0.15, 0.2) is 5.78 Å². The number of carbonyl (C=O) groups excluding carboxylic acids is 3. The lowest BCUT2D eigenvalue weighted by Gasteiger charge is -2.25. The molecular weight excluding hydrogens is 423 g/mol. The van der Waals surface area contributed by atoms with Gasteiger partial charge in [-0.05, 0) is 30.0 Å². The van der Waals surface area contributed by atoms with Crippen molar-refractivity contribution in [3.8, 4) is 5.75 Å². The molecule has 0 aliphatic carbocycles. The van der Waals surface area contributed by atoms with E-state index in [1.165, 1.54) is 20.7 Å². The Labute approximate surface area is 196 Å². The number of benzene rings is 1. The molecule has 3 atom stereocenters. The summed E-state index contributed by atoms with van der Waals surface area (Å²) in [5, 5.41) is 9.88. The van der Waals surface area contributed by atoms with Crippen LogP contribution in [0.25, 0.3) is 0 Å². The van der Waals surface area contributed by atoms with Gasteiger partial charge >= 0.3 is 13.5 Å². The molecule has 0 fully saturated rings. The molecule has 9 heteroatoms. The molecule has 8 nitrogen and oxygen atoms in total. The Balaban J connectivity index is 2.93. The zero-order valence-corrected chi connectivity index (χ0v) is 19.4. The van der Waals surface area contributed by atoms with E-state index in [4.69, 9.17) is 19.5 Å². The highest BCUT2D eigenvalue weighted by molar-refractivity contribution is 6.39. The zero-order valence-electron chi connectivity index (χ0n) is 19.4. The van der Waals surface area contributed by atoms with E-state index in [2.05, 4.69) is 18.5 Å². The van der Waals surface area contributed by atoms with Crippen LogP contribution >= 0.6 is 0 Å². The van der Waals surface area contributed by atoms with Gasteiger partial charge in [0.05, 0.1) is 24.9 Å². The van der Waals surface area contributed by atoms with Gasteiger partial charge in [-0.25, -0.2) is 0 Å². The number of Topliss-reactive ketones (excluding diaryl/α,β-unsaturated/α-hetero) is 1. The Kier molecular flexibility index (Phi) is 12.3. The lowest BCUT2D eigenvalue weighted by Crippen LogP contribution is -2.47. The average molecular weight is 455 g/mol. The summed E-state index contributed by atoms with van der Waals surface area (Å²) in [5.41, 5.74) is 0.843. The van der Waals surface area contributed by atoms with Gasteiger partial charge in [-0.2, -0.15) is 0 Å². The maximum absolute atomic E-state index is 13.0. The summed E-state index contributed by atoms with van der Waals surface area (Å²) >= 11 is 0. The minimum atomic E-state index is -0.810. The van der Waals surface area contributed by atoms with Gasteiger partial charge in [-0.15, -0.1) is 6.58 Å². The number of hydrogen-bond acceptors (Lipinski definition) is 7. The first-order chi connectivity index (χ1) is 15.8. The first kappa shape index (κ1) is 27.7. The predicted molar refractivity (Wildman–Crippen MR) is 127 cm³/mol. The Bertz CT molecular complexity index is 825. The van der Waals surface area contributed by atoms with Crippen molar-refractivity contribution >= 4 is 31.5 Å². The highest BCUT2D eigenvalue weighted by Gasteiger charge is 2.31. The van der Waals surface area contributed by atoms with E-state index in [1.54, 1.807) is 32.1 Å². The number of carbonyl (C=O) groups is 3. The SMILES string of the molecule is C=CCOc1ccc(C[C@H]([B]OC=N)C(=O)N[C@H](C(=O)C[C@@H](C=C)C(=O)OC)C(C)C)cc1. The standard InChI is InChI=1S/C24H32BN2O6/c1-6-12-32-19-10-8-17(9-11-19)13-20(25-33-15-26)23(29)27-22(16(3)4)21(28)14-18(7-2)24(30)31-5/h6-11,15-16,18,20,22,26H,1-2,12-14H2,3-5H3,(H,27,29)/t18-,20+,22+/m1/s1. The van der Waals surface area contributed by atoms with Crippen LogP contribution in [-0.2, 0) is 30.2 Å². The summed E-state index contributed by atoms with van der Waals surface area (Å²) in [6, 6.07) is 6.41. The molecule has 33 heavy (non-hydrogen) atoms. The molecule has 2 N–H and O–H groups in total. The quantitative estimate of drug-likeness (QED) is 0.130. The van der Waals surface area contributed by atoms with Gasteiger partial charge in [0.25, 0.3) is 0 Å². The number of rotatable bonds is 16. The first-order valence-corrected chi connectivity index (χ1v) is 10.6. The van der Waals surface area contributed by atoms with Gasteiger partial charge in [0.2, 0.25) is 5.91 Å². The molecule has 0 heterocycles. The van der Waals surface area contributed by atoms with Crippen LogP contribution in [0.4, 0.5) is 0 Å². The molecule has 0 saturated carbocycles. The molecule has 0 aliphatic heterocycles. The molecule has 1 aromatic rings. The van der Waals surface area contributed by atoms with Crippen LogP contribution in [0.5, 0.6) is 5.75 Å². The number of ketones is 1. The van der Waals surface area contributed by atoms with Crippen LogP contribution in [0.15, 0.2) is 49.6 Å². The molecule has 0 unspecified atom stereocenters. The van der Waals surface area contributed by atoms with Gasteiger partial charge in [0.1, 0.15) is 18.8 Å². The van der Waals surface area contributed by atoms with E-state index in [0.717, 1.165) is 12.0 Å². The molecule has 0 aromatic heterocycles. The van der Waals surface area contributed by atoms with Crippen LogP contribution < -0.4 is 10.1 Å². The van der Waals surface area contributed by atoms with Crippen molar-refractivity contribution in [3.05, 3.63) is 55.1 Å². The van der Waals surface area contributed by atoms with E-state index in [0.29, 0.717) is 12.4 Å². The maximum atomic E-state index is 13.0. The minimum absolute atomic E-state index is 0.128. The Hall–Kier alpha value is -3.36. The Morgan fingerprint density at radius 1 is 1.18 bits per heavy atom. The normalized spacial score (nSPS) is 13.1. The van der Waals surface area contributed by atoms with Crippen LogP contribution in [0.1, 0.15) is 25.8 Å². The van der Waals surface area contributed by atoms with Crippen molar-refractivity contribution in [1.29, 1.82) is 5.41 Å². The molecular formula is C24H32BN2O6. The van der Waals surface area contributed by atoms with Crippen LogP contribution in [-0.4, -0.2) is 51.3 Å². The summed E-state index contributed by atoms with van der Waals surface area (Å²) in [5.74, 6) is -2.36. The second-order valence-electron chi connectivity index (χ2n) is 7.71. The summed E-state index contributed by atoms with van der Waals surface area (Å²) < 4.78 is 15.1. The van der Waals surface area contributed by atoms with Crippen molar-refractivity contribution in [3.63, 3.8) is 0 Å². The number of nitrogens with one attached hydrogen (secondary N) is 2. The third-order valence-corrected chi connectivity index (χ3v) is 4.92.